The Morgan fingerprint density at radius 1 is 1.13 bits per heavy atom. The molecule has 0 saturated carbocycles. The van der Waals surface area contributed by atoms with Crippen molar-refractivity contribution in [3.63, 3.8) is 0 Å². The van der Waals surface area contributed by atoms with E-state index in [1.54, 1.807) is 0 Å². The molecule has 0 heterocycles. The van der Waals surface area contributed by atoms with E-state index in [-0.39, 0.29) is 0 Å². The predicted molar refractivity (Wildman–Crippen MR) is 58.8 cm³/mol. The Balaban J connectivity index is 0. The predicted octanol–water partition coefficient (Wildman–Crippen LogP) is 2.69. The molecule has 4 nitrogen and oxygen atoms in total. The fourth-order valence-corrected chi connectivity index (χ4v) is 0.845. The van der Waals surface area contributed by atoms with Crippen molar-refractivity contribution in [3.05, 3.63) is 12.7 Å². The number of allylic oxidation sites excluding steroid dienone is 1. The van der Waals surface area contributed by atoms with E-state index in [1.807, 2.05) is 6.08 Å². The Morgan fingerprint density at radius 3 is 1.93 bits per heavy atom. The molecule has 0 aromatic carbocycles. The van der Waals surface area contributed by atoms with E-state index in [9.17, 15) is 9.59 Å². The molecule has 0 spiro atoms. The molecule has 2 N–H and O–H groups in total. The van der Waals surface area contributed by atoms with Crippen LogP contribution < -0.4 is 0 Å². The molecule has 0 amide bonds. The van der Waals surface area contributed by atoms with Gasteiger partial charge in [-0.05, 0) is 12.8 Å². The number of unbranched alkanes of at least 4 members (excludes halogenated alkanes) is 4. The van der Waals surface area contributed by atoms with Gasteiger partial charge in [0.2, 0.25) is 0 Å². The minimum absolute atomic E-state index is 0.806. The second kappa shape index (κ2) is 12.7. The van der Waals surface area contributed by atoms with Crippen LogP contribution >= 0.6 is 0 Å². The Labute approximate surface area is 90.6 Å². The zero-order valence-corrected chi connectivity index (χ0v) is 9.24. The number of carbonyl (C=O) groups is 2. The topological polar surface area (TPSA) is 74.6 Å². The molecule has 0 aliphatic rings. The Bertz CT molecular complexity index is 175. The maximum absolute atomic E-state index is 9.43. The van der Waals surface area contributed by atoms with E-state index in [1.165, 1.54) is 32.1 Å². The molecule has 0 fully saturated rings. The van der Waals surface area contributed by atoms with Gasteiger partial charge in [-0.1, -0.05) is 32.3 Å². The summed E-state index contributed by atoms with van der Waals surface area (Å²) >= 11 is 0. The normalized spacial score (nSPS) is 8.60. The maximum Gasteiger partial charge on any atom is 0.314 e. The van der Waals surface area contributed by atoms with Crippen molar-refractivity contribution in [2.24, 2.45) is 0 Å². The standard InChI is InChI=1S/C8H16.C3H4O4/c1-3-5-7-8-6-4-2;4-2(5)1-3(6)7/h3H,1,4-8H2,2H3;1H2,(H,4,5)(H,6,7). The first-order valence-corrected chi connectivity index (χ1v) is 5.09. The van der Waals surface area contributed by atoms with Crippen molar-refractivity contribution in [2.45, 2.75) is 45.4 Å². The van der Waals surface area contributed by atoms with Crippen molar-refractivity contribution in [1.29, 1.82) is 0 Å². The molecule has 0 rings (SSSR count). The lowest BCUT2D eigenvalue weighted by Gasteiger charge is -1.91. The van der Waals surface area contributed by atoms with Crippen LogP contribution in [0.5, 0.6) is 0 Å². The van der Waals surface area contributed by atoms with Gasteiger partial charge in [0, 0.05) is 0 Å². The Morgan fingerprint density at radius 2 is 1.67 bits per heavy atom. The third kappa shape index (κ3) is 24.5. The van der Waals surface area contributed by atoms with Gasteiger partial charge in [-0.3, -0.25) is 9.59 Å². The molecule has 0 radical (unpaired) electrons. The van der Waals surface area contributed by atoms with Crippen LogP contribution in [0.2, 0.25) is 0 Å². The molecule has 0 aliphatic carbocycles. The average molecular weight is 216 g/mol. The van der Waals surface area contributed by atoms with E-state index < -0.39 is 18.4 Å². The van der Waals surface area contributed by atoms with Crippen molar-refractivity contribution in [3.8, 4) is 0 Å². The van der Waals surface area contributed by atoms with Crippen LogP contribution in [-0.2, 0) is 9.59 Å². The lowest BCUT2D eigenvalue weighted by molar-refractivity contribution is -0.147. The third-order valence-electron chi connectivity index (χ3n) is 1.56. The van der Waals surface area contributed by atoms with Gasteiger partial charge in [-0.15, -0.1) is 6.58 Å². The number of carboxylic acids is 2. The van der Waals surface area contributed by atoms with E-state index in [0.717, 1.165) is 0 Å². The second-order valence-electron chi connectivity index (χ2n) is 3.10. The quantitative estimate of drug-likeness (QED) is 0.390. The summed E-state index contributed by atoms with van der Waals surface area (Å²) in [5.41, 5.74) is 0. The van der Waals surface area contributed by atoms with E-state index in [0.29, 0.717) is 0 Å². The van der Waals surface area contributed by atoms with Gasteiger partial charge in [0.15, 0.2) is 0 Å². The number of rotatable bonds is 7. The van der Waals surface area contributed by atoms with Crippen LogP contribution in [0.3, 0.4) is 0 Å². The highest BCUT2D eigenvalue weighted by Crippen LogP contribution is 2.01. The van der Waals surface area contributed by atoms with Gasteiger partial charge < -0.3 is 10.2 Å². The summed E-state index contributed by atoms with van der Waals surface area (Å²) in [6.07, 6.45) is 7.81. The molecular weight excluding hydrogens is 196 g/mol. The number of hydrogen-bond donors (Lipinski definition) is 2. The average Bonchev–Trinajstić information content (AvgIpc) is 2.11. The largest absolute Gasteiger partial charge is 0.481 e. The monoisotopic (exact) mass is 216 g/mol. The first kappa shape index (κ1) is 16.1. The van der Waals surface area contributed by atoms with Crippen LogP contribution in [0.4, 0.5) is 0 Å². The van der Waals surface area contributed by atoms with Crippen LogP contribution in [0.15, 0.2) is 12.7 Å². The summed E-state index contributed by atoms with van der Waals surface area (Å²) in [6.45, 7) is 5.89. The lowest BCUT2D eigenvalue weighted by Crippen LogP contribution is -2.03. The number of carboxylic acid groups (broad SMARTS) is 2. The highest BCUT2D eigenvalue weighted by atomic mass is 16.4. The van der Waals surface area contributed by atoms with Crippen molar-refractivity contribution < 1.29 is 19.8 Å². The molecule has 15 heavy (non-hydrogen) atoms. The SMILES string of the molecule is C=CCCCCCC.O=C(O)CC(=O)O. The zero-order valence-electron chi connectivity index (χ0n) is 9.24. The highest BCUT2D eigenvalue weighted by molar-refractivity contribution is 5.88. The lowest BCUT2D eigenvalue weighted by atomic mass is 10.2. The first-order chi connectivity index (χ1) is 7.04. The molecule has 4 heteroatoms. The van der Waals surface area contributed by atoms with Gasteiger partial charge >= 0.3 is 11.9 Å². The van der Waals surface area contributed by atoms with Crippen LogP contribution in [0.25, 0.3) is 0 Å². The molecule has 0 atom stereocenters. The van der Waals surface area contributed by atoms with E-state index in [2.05, 4.69) is 13.5 Å². The molecule has 0 unspecified atom stereocenters. The number of hydrogen-bond acceptors (Lipinski definition) is 2. The van der Waals surface area contributed by atoms with Crippen LogP contribution in [-0.4, -0.2) is 22.2 Å². The fraction of sp³-hybridized carbons (Fsp3) is 0.636. The fourth-order valence-electron chi connectivity index (χ4n) is 0.845. The minimum atomic E-state index is -1.31. The molecule has 0 saturated heterocycles. The van der Waals surface area contributed by atoms with Crippen molar-refractivity contribution in [1.82, 2.24) is 0 Å². The molecular formula is C11H20O4. The molecule has 0 aliphatic heterocycles. The van der Waals surface area contributed by atoms with Gasteiger partial charge in [0.25, 0.3) is 0 Å². The second-order valence-corrected chi connectivity index (χ2v) is 3.10. The molecule has 88 valence electrons. The molecule has 0 bridgehead atoms. The minimum Gasteiger partial charge on any atom is -0.481 e. The van der Waals surface area contributed by atoms with Gasteiger partial charge in [-0.2, -0.15) is 0 Å². The summed E-state index contributed by atoms with van der Waals surface area (Å²) in [6, 6.07) is 0. The summed E-state index contributed by atoms with van der Waals surface area (Å²) in [4.78, 5) is 18.9. The van der Waals surface area contributed by atoms with Gasteiger partial charge in [-0.25, -0.2) is 0 Å². The van der Waals surface area contributed by atoms with Crippen molar-refractivity contribution >= 4 is 11.9 Å². The molecule has 0 aromatic rings. The van der Waals surface area contributed by atoms with E-state index in [4.69, 9.17) is 10.2 Å². The number of aliphatic carboxylic acids is 2. The first-order valence-electron chi connectivity index (χ1n) is 5.09. The molecule has 0 aromatic heterocycles. The van der Waals surface area contributed by atoms with Crippen molar-refractivity contribution in [2.75, 3.05) is 0 Å². The Kier molecular flexibility index (Phi) is 13.6. The summed E-state index contributed by atoms with van der Waals surface area (Å²) < 4.78 is 0. The van der Waals surface area contributed by atoms with Crippen LogP contribution in [0, 0.1) is 0 Å². The smallest absolute Gasteiger partial charge is 0.314 e. The summed E-state index contributed by atoms with van der Waals surface area (Å²) in [5.74, 6) is -2.62. The summed E-state index contributed by atoms with van der Waals surface area (Å²) in [7, 11) is 0. The van der Waals surface area contributed by atoms with E-state index >= 15 is 0 Å². The third-order valence-corrected chi connectivity index (χ3v) is 1.56. The zero-order chi connectivity index (χ0) is 12.1. The van der Waals surface area contributed by atoms with Gasteiger partial charge in [0.1, 0.15) is 6.42 Å². The Hall–Kier alpha value is -1.32. The highest BCUT2D eigenvalue weighted by Gasteiger charge is 2.01. The van der Waals surface area contributed by atoms with Gasteiger partial charge in [0.05, 0.1) is 0 Å². The summed E-state index contributed by atoms with van der Waals surface area (Å²) in [5, 5.41) is 15.4. The van der Waals surface area contributed by atoms with Crippen LogP contribution in [0.1, 0.15) is 45.4 Å². The maximum atomic E-state index is 9.43.